The minimum absolute atomic E-state index is 0.136. The summed E-state index contributed by atoms with van der Waals surface area (Å²) in [5, 5.41) is 28.6. The van der Waals surface area contributed by atoms with E-state index in [0.717, 1.165) is 0 Å². The molecule has 8 rings (SSSR count). The predicted octanol–water partition coefficient (Wildman–Crippen LogP) is 4.94. The van der Waals surface area contributed by atoms with Crippen molar-refractivity contribution in [2.45, 2.75) is 128 Å². The molecule has 2 heterocycles. The Bertz CT molecular complexity index is 2320. The van der Waals surface area contributed by atoms with Gasteiger partial charge in [-0.05, 0) is 54.8 Å². The number of rotatable bonds is 10. The van der Waals surface area contributed by atoms with E-state index in [1.54, 1.807) is 119 Å². The SMILES string of the molecule is CC(=O)O[C@@H]1C2=C(C)[C@@H](OC(=O)[C@H](O)[C@@H](NC(=O)c3ccccc3)c3ccccc3)C[C@@](O)([C@@H](OC(=O)c3ccccc3)[C@@H]3[C@]4(OC(C)=O)CO[C@@H]4C[C@@H]4OC(C)O[C@@H]1[C@]43C)C2(C)C. The van der Waals surface area contributed by atoms with E-state index in [9.17, 15) is 34.2 Å². The molecule has 2 saturated carbocycles. The first kappa shape index (κ1) is 45.1. The van der Waals surface area contributed by atoms with Gasteiger partial charge in [0.05, 0.1) is 30.2 Å². The molecule has 0 aromatic heterocycles. The van der Waals surface area contributed by atoms with Gasteiger partial charge in [-0.15, -0.1) is 0 Å². The molecule has 0 spiro atoms. The van der Waals surface area contributed by atoms with Crippen LogP contribution in [-0.4, -0.2) is 107 Å². The van der Waals surface area contributed by atoms with Crippen LogP contribution in [0.2, 0.25) is 0 Å². The van der Waals surface area contributed by atoms with E-state index < -0.39 is 119 Å². The molecule has 0 radical (unpaired) electrons. The third-order valence-electron chi connectivity index (χ3n) is 14.3. The number of hydrogen-bond acceptors (Lipinski definition) is 14. The number of esters is 4. The highest BCUT2D eigenvalue weighted by Gasteiger charge is 2.79. The van der Waals surface area contributed by atoms with Crippen molar-refractivity contribution in [3.05, 3.63) is 119 Å². The lowest BCUT2D eigenvalue weighted by Crippen LogP contribution is -2.83. The first-order valence-corrected chi connectivity index (χ1v) is 21.6. The van der Waals surface area contributed by atoms with E-state index in [4.69, 9.17) is 33.2 Å². The average molecular weight is 882 g/mol. The van der Waals surface area contributed by atoms with Gasteiger partial charge in [-0.2, -0.15) is 0 Å². The van der Waals surface area contributed by atoms with Gasteiger partial charge in [0.25, 0.3) is 5.91 Å². The molecule has 1 unspecified atom stereocenters. The zero-order valence-corrected chi connectivity index (χ0v) is 36.8. The second-order valence-corrected chi connectivity index (χ2v) is 18.3. The molecule has 13 atom stereocenters. The zero-order chi connectivity index (χ0) is 45.9. The molecule has 1 amide bonds. The van der Waals surface area contributed by atoms with Gasteiger partial charge in [0, 0.05) is 43.1 Å². The first-order chi connectivity index (χ1) is 30.3. The summed E-state index contributed by atoms with van der Waals surface area (Å²) in [6, 6.07) is 23.7. The van der Waals surface area contributed by atoms with Crippen molar-refractivity contribution < 1.29 is 67.3 Å². The van der Waals surface area contributed by atoms with Crippen LogP contribution in [0.3, 0.4) is 0 Å². The summed E-state index contributed by atoms with van der Waals surface area (Å²) in [6.07, 6.45) is -9.82. The number of carbonyl (C=O) groups is 5. The summed E-state index contributed by atoms with van der Waals surface area (Å²) in [5.41, 5.74) is -4.97. The lowest BCUT2D eigenvalue weighted by atomic mass is 9.44. The number of fused-ring (bicyclic) bond motifs is 4. The van der Waals surface area contributed by atoms with Crippen LogP contribution in [-0.2, 0) is 47.5 Å². The first-order valence-electron chi connectivity index (χ1n) is 21.6. The van der Waals surface area contributed by atoms with E-state index in [1.165, 1.54) is 13.8 Å². The van der Waals surface area contributed by atoms with Crippen LogP contribution in [0.15, 0.2) is 102 Å². The summed E-state index contributed by atoms with van der Waals surface area (Å²) < 4.78 is 44.9. The van der Waals surface area contributed by atoms with Crippen molar-refractivity contribution in [3.8, 4) is 0 Å². The molecular formula is C49H55NO14. The highest BCUT2D eigenvalue weighted by molar-refractivity contribution is 5.95. The lowest BCUT2D eigenvalue weighted by molar-refractivity contribution is -0.409. The summed E-state index contributed by atoms with van der Waals surface area (Å²) in [7, 11) is 0. The van der Waals surface area contributed by atoms with Crippen LogP contribution in [0.4, 0.5) is 0 Å². The Morgan fingerprint density at radius 2 is 1.41 bits per heavy atom. The predicted molar refractivity (Wildman–Crippen MR) is 226 cm³/mol. The second kappa shape index (κ2) is 16.8. The smallest absolute Gasteiger partial charge is 0.338 e. The summed E-state index contributed by atoms with van der Waals surface area (Å²) >= 11 is 0. The van der Waals surface area contributed by atoms with Crippen molar-refractivity contribution in [2.75, 3.05) is 6.61 Å². The van der Waals surface area contributed by atoms with E-state index in [1.807, 2.05) is 6.92 Å². The maximum Gasteiger partial charge on any atom is 0.338 e. The monoisotopic (exact) mass is 881 g/mol. The number of ether oxygens (including phenoxy) is 7. The molecule has 3 aromatic carbocycles. The fourth-order valence-corrected chi connectivity index (χ4v) is 11.3. The molecule has 3 aromatic rings. The van der Waals surface area contributed by atoms with Crippen molar-refractivity contribution >= 4 is 29.8 Å². The summed E-state index contributed by atoms with van der Waals surface area (Å²) in [5.74, 6) is -4.99. The fraction of sp³-hybridized carbons (Fsp3) is 0.490. The van der Waals surface area contributed by atoms with Crippen molar-refractivity contribution in [1.29, 1.82) is 0 Å². The van der Waals surface area contributed by atoms with Gasteiger partial charge in [0.15, 0.2) is 24.1 Å². The second-order valence-electron chi connectivity index (χ2n) is 18.3. The Labute approximate surface area is 371 Å². The van der Waals surface area contributed by atoms with Gasteiger partial charge in [-0.3, -0.25) is 14.4 Å². The Morgan fingerprint density at radius 1 is 0.797 bits per heavy atom. The number of aliphatic hydroxyl groups is 2. The largest absolute Gasteiger partial charge is 0.456 e. The van der Waals surface area contributed by atoms with Crippen LogP contribution in [0.5, 0.6) is 0 Å². The van der Waals surface area contributed by atoms with Crippen molar-refractivity contribution in [1.82, 2.24) is 5.32 Å². The van der Waals surface area contributed by atoms with E-state index in [2.05, 4.69) is 5.32 Å². The quantitative estimate of drug-likeness (QED) is 0.141. The number of carbonyl (C=O) groups excluding carboxylic acids is 5. The van der Waals surface area contributed by atoms with Crippen LogP contribution in [0.1, 0.15) is 93.6 Å². The van der Waals surface area contributed by atoms with Crippen molar-refractivity contribution in [3.63, 3.8) is 0 Å². The third kappa shape index (κ3) is 7.40. The molecule has 2 aliphatic heterocycles. The fourth-order valence-electron chi connectivity index (χ4n) is 11.3. The van der Waals surface area contributed by atoms with Gasteiger partial charge in [0.2, 0.25) is 0 Å². The molecule has 4 fully saturated rings. The molecule has 340 valence electrons. The van der Waals surface area contributed by atoms with E-state index >= 15 is 0 Å². The number of aliphatic hydroxyl groups excluding tert-OH is 1. The molecule has 3 N–H and O–H groups in total. The Morgan fingerprint density at radius 3 is 1.98 bits per heavy atom. The third-order valence-corrected chi connectivity index (χ3v) is 14.3. The van der Waals surface area contributed by atoms with Crippen LogP contribution in [0, 0.1) is 16.7 Å². The minimum atomic E-state index is -2.22. The maximum absolute atomic E-state index is 14.5. The number of amides is 1. The Balaban J connectivity index is 1.29. The molecule has 2 bridgehead atoms. The molecule has 5 aliphatic rings. The molecule has 15 heteroatoms. The Kier molecular flexibility index (Phi) is 11.9. The number of benzene rings is 3. The average Bonchev–Trinajstić information content (AvgIpc) is 3.25. The lowest BCUT2D eigenvalue weighted by Gasteiger charge is -2.71. The molecule has 64 heavy (non-hydrogen) atoms. The maximum atomic E-state index is 14.5. The molecule has 3 aliphatic carbocycles. The van der Waals surface area contributed by atoms with Gasteiger partial charge in [-0.25, -0.2) is 9.59 Å². The molecule has 2 saturated heterocycles. The van der Waals surface area contributed by atoms with Gasteiger partial charge in [0.1, 0.15) is 30.0 Å². The van der Waals surface area contributed by atoms with Gasteiger partial charge in [-0.1, -0.05) is 87.5 Å². The number of hydrogen-bond donors (Lipinski definition) is 3. The van der Waals surface area contributed by atoms with Crippen molar-refractivity contribution in [2.24, 2.45) is 16.7 Å². The van der Waals surface area contributed by atoms with Crippen LogP contribution < -0.4 is 5.32 Å². The highest BCUT2D eigenvalue weighted by atomic mass is 16.7. The standard InChI is InChI=1S/C49H55NO14/c1-26-33(62-45(56)38(53)37(30-17-11-8-12-18-30)50-43(54)31-19-13-9-14-20-31)24-49(57)42(63-44(55)32-21-15-10-16-22-32)40-47(7)34(23-35-48(40,25-58-35)64-28(3)52)60-29(4)61-41(47)39(59-27(2)51)36(26)46(49,5)6/h8-22,29,33-35,37-42,53,57H,23-25H2,1-7H3,(H,50,54)/t29?,33-,34-,35+,37-,38+,39+,40-,41-,42-,47+,48-,49+/m0/s1. The molecule has 15 nitrogen and oxygen atoms in total. The zero-order valence-electron chi connectivity index (χ0n) is 36.8. The number of nitrogens with one attached hydrogen (secondary N) is 1. The van der Waals surface area contributed by atoms with Gasteiger partial charge < -0.3 is 48.7 Å². The van der Waals surface area contributed by atoms with Gasteiger partial charge >= 0.3 is 23.9 Å². The topological polar surface area (TPSA) is 202 Å². The Hall–Kier alpha value is -5.45. The highest BCUT2D eigenvalue weighted by Crippen LogP contribution is 2.67. The molecular weight excluding hydrogens is 827 g/mol. The summed E-state index contributed by atoms with van der Waals surface area (Å²) in [6.45, 7) is 11.1. The van der Waals surface area contributed by atoms with Crippen LogP contribution in [0.25, 0.3) is 0 Å². The summed E-state index contributed by atoms with van der Waals surface area (Å²) in [4.78, 5) is 69.0. The normalized spacial score (nSPS) is 34.4. The van der Waals surface area contributed by atoms with E-state index in [0.29, 0.717) is 22.3 Å². The van der Waals surface area contributed by atoms with Crippen LogP contribution >= 0.6 is 0 Å². The minimum Gasteiger partial charge on any atom is -0.456 e. The van der Waals surface area contributed by atoms with E-state index in [-0.39, 0.29) is 18.6 Å².